The smallest absolute Gasteiger partial charge is 0.870 e. The van der Waals surface area contributed by atoms with Gasteiger partial charge in [0.15, 0.2) is 11.6 Å². The Morgan fingerprint density at radius 3 is 1.24 bits per heavy atom. The van der Waals surface area contributed by atoms with Crippen LogP contribution in [0.25, 0.3) is 21.5 Å². The SMILES string of the molecule is CCOC(=O)CCN.CCOC(=O)CCN=C1CCCCC1.CCOC(=O)CCn1c2c(c(=O)[nH]c1=O)CCCC2.Cl.NCC(=O)c1ccc2ccccc2c1.O=C(CCn1c2c(c(=O)[nH]c1=O)CCCC2)NCC(=O)c1ccc2ccccc2c1.O=C(O)CCn1c2c(c(=O)[nH]c1=O)CCCC2.O=C1CCCCC1.O=C=NC(=O)Cl.[Li+].[OH-]. The third-order valence-corrected chi connectivity index (χ3v) is 18.9. The second kappa shape index (κ2) is 57.6. The molecule has 118 heavy (non-hydrogen) atoms. The van der Waals surface area contributed by atoms with Crippen molar-refractivity contribution in [3.8, 4) is 0 Å². The molecule has 0 unspecified atom stereocenters. The van der Waals surface area contributed by atoms with Crippen LogP contribution in [0, 0.1) is 0 Å². The number of H-pyrrole nitrogens is 3. The number of carboxylic acids is 1. The number of carbonyl (C=O) groups is 9. The van der Waals surface area contributed by atoms with Crippen LogP contribution in [0.15, 0.2) is 124 Å². The molecule has 0 aliphatic heterocycles. The number of nitrogens with one attached hydrogen (secondary N) is 4. The average Bonchev–Trinajstić information content (AvgIpc) is 0.803. The Morgan fingerprint density at radius 2 is 0.864 bits per heavy atom. The summed E-state index contributed by atoms with van der Waals surface area (Å²) in [6.45, 7) is 8.08. The molecule has 0 atom stereocenters. The van der Waals surface area contributed by atoms with E-state index >= 15 is 0 Å². The first-order valence-corrected chi connectivity index (χ1v) is 39.5. The van der Waals surface area contributed by atoms with Gasteiger partial charge in [-0.25, -0.2) is 19.2 Å². The Balaban J connectivity index is 0.000000478. The Bertz CT molecular complexity index is 4920. The van der Waals surface area contributed by atoms with Gasteiger partial charge in [0.05, 0.1) is 58.6 Å². The number of aromatic nitrogens is 6. The molecule has 0 saturated heterocycles. The van der Waals surface area contributed by atoms with Crippen LogP contribution >= 0.6 is 24.0 Å². The van der Waals surface area contributed by atoms with E-state index in [4.69, 9.17) is 30.8 Å². The van der Waals surface area contributed by atoms with E-state index in [0.717, 1.165) is 122 Å². The summed E-state index contributed by atoms with van der Waals surface area (Å²) in [5.74, 6) is -1.66. The molecule has 2 saturated carbocycles. The molecule has 4 aromatic carbocycles. The van der Waals surface area contributed by atoms with Crippen molar-refractivity contribution >= 4 is 110 Å². The number of hydrogen-bond donors (Lipinski definition) is 7. The summed E-state index contributed by atoms with van der Waals surface area (Å²) in [4.78, 5) is 193. The van der Waals surface area contributed by atoms with Crippen LogP contribution < -0.4 is 69.4 Å². The number of halogens is 2. The molecule has 0 bridgehead atoms. The number of aliphatic imine (C=N–C) groups is 2. The van der Waals surface area contributed by atoms with Gasteiger partial charge in [0.25, 0.3) is 16.7 Å². The normalized spacial score (nSPS) is 13.1. The number of Topliss-reactive ketones (excluding diaryl/α,β-unsaturated/α-hetero) is 3. The zero-order chi connectivity index (χ0) is 84.0. The number of rotatable bonds is 22. The van der Waals surface area contributed by atoms with E-state index in [1.807, 2.05) is 85.8 Å². The predicted octanol–water partition coefficient (Wildman–Crippen LogP) is 5.89. The largest absolute Gasteiger partial charge is 1.00 e. The summed E-state index contributed by atoms with van der Waals surface area (Å²) < 4.78 is 18.6. The van der Waals surface area contributed by atoms with Crippen LogP contribution in [0.4, 0.5) is 4.79 Å². The predicted molar refractivity (Wildman–Crippen MR) is 444 cm³/mol. The molecule has 35 heteroatoms. The van der Waals surface area contributed by atoms with Crippen molar-refractivity contribution in [1.82, 2.24) is 34.0 Å². The Morgan fingerprint density at radius 1 is 0.492 bits per heavy atom. The van der Waals surface area contributed by atoms with E-state index in [0.29, 0.717) is 117 Å². The third kappa shape index (κ3) is 36.6. The molecule has 0 spiro atoms. The summed E-state index contributed by atoms with van der Waals surface area (Å²) in [6, 6.07) is 26.8. The van der Waals surface area contributed by atoms with Crippen molar-refractivity contribution in [1.29, 1.82) is 0 Å². The van der Waals surface area contributed by atoms with E-state index in [-0.39, 0.29) is 141 Å². The number of nitrogens with zero attached hydrogens (tertiary/aromatic N) is 5. The molecule has 5 aliphatic carbocycles. The van der Waals surface area contributed by atoms with Crippen LogP contribution in [-0.4, -0.2) is 150 Å². The van der Waals surface area contributed by atoms with E-state index < -0.39 is 28.4 Å². The number of carboxylic acid groups (broad SMARTS) is 1. The number of isocyanates is 1. The van der Waals surface area contributed by atoms with Gasteiger partial charge in [-0.3, -0.25) is 91.2 Å². The van der Waals surface area contributed by atoms with Gasteiger partial charge in [0.1, 0.15) is 5.78 Å². The van der Waals surface area contributed by atoms with Gasteiger partial charge in [0, 0.05) is 103 Å². The van der Waals surface area contributed by atoms with Gasteiger partial charge < -0.3 is 41.6 Å². The number of carbonyl (C=O) groups excluding carboxylic acids is 9. The van der Waals surface area contributed by atoms with Crippen LogP contribution in [0.5, 0.6) is 0 Å². The number of aliphatic carboxylic acids is 1. The minimum Gasteiger partial charge on any atom is -0.870 e. The van der Waals surface area contributed by atoms with Crippen molar-refractivity contribution in [2.24, 2.45) is 21.5 Å². The van der Waals surface area contributed by atoms with Crippen LogP contribution in [-0.2, 0) is 106 Å². The number of ether oxygens (including phenoxy) is 3. The van der Waals surface area contributed by atoms with Gasteiger partial charge in [-0.2, -0.15) is 0 Å². The summed E-state index contributed by atoms with van der Waals surface area (Å²) in [6.07, 6.45) is 22.9. The molecule has 3 heterocycles. The topological polar surface area (TPSA) is 502 Å². The number of esters is 3. The second-order valence-electron chi connectivity index (χ2n) is 27.0. The maximum Gasteiger partial charge on any atom is 1.00 e. The van der Waals surface area contributed by atoms with Gasteiger partial charge in [-0.05, 0) is 182 Å². The van der Waals surface area contributed by atoms with Gasteiger partial charge >= 0.3 is 65.2 Å². The number of hydrogen-bond acceptors (Lipinski definition) is 23. The van der Waals surface area contributed by atoms with Gasteiger partial charge in [0.2, 0.25) is 12.0 Å². The number of amides is 2. The van der Waals surface area contributed by atoms with Crippen molar-refractivity contribution < 1.29 is 91.6 Å². The first-order valence-electron chi connectivity index (χ1n) is 39.1. The van der Waals surface area contributed by atoms with Gasteiger partial charge in [-0.15, -0.1) is 17.4 Å². The molecule has 2 amide bonds. The molecular formula is C83H108Cl2LiN11O21. The molecule has 2 fully saturated rings. The van der Waals surface area contributed by atoms with Crippen LogP contribution in [0.1, 0.15) is 210 Å². The Kier molecular flexibility index (Phi) is 50.6. The summed E-state index contributed by atoms with van der Waals surface area (Å²) in [5, 5.41) is 14.5. The number of fused-ring (bicyclic) bond motifs is 5. The van der Waals surface area contributed by atoms with Crippen LogP contribution in [0.3, 0.4) is 0 Å². The summed E-state index contributed by atoms with van der Waals surface area (Å²) >= 11 is 4.51. The third-order valence-electron chi connectivity index (χ3n) is 18.8. The van der Waals surface area contributed by atoms with Crippen molar-refractivity contribution in [3.63, 3.8) is 0 Å². The number of nitrogens with two attached hydrogens (primary N) is 2. The zero-order valence-electron chi connectivity index (χ0n) is 67.6. The molecule has 7 aromatic rings. The zero-order valence-corrected chi connectivity index (χ0v) is 69.1. The fourth-order valence-electron chi connectivity index (χ4n) is 13.2. The van der Waals surface area contributed by atoms with E-state index in [1.54, 1.807) is 19.9 Å². The minimum absolute atomic E-state index is 0. The van der Waals surface area contributed by atoms with Crippen molar-refractivity contribution in [3.05, 3.63) is 192 Å². The first kappa shape index (κ1) is 104. The number of ketones is 3. The number of benzene rings is 4. The molecule has 0 radical (unpaired) electrons. The summed E-state index contributed by atoms with van der Waals surface area (Å²) in [5.41, 5.74) is 14.7. The Hall–Kier alpha value is -10.4. The van der Waals surface area contributed by atoms with Crippen molar-refractivity contribution in [2.75, 3.05) is 46.0 Å². The fraction of sp³-hybridized carbons (Fsp3) is 0.482. The average molecular weight is 1670 g/mol. The quantitative estimate of drug-likeness (QED) is 0.00607. The molecule has 3 aromatic heterocycles. The molecule has 5 aliphatic rings. The minimum atomic E-state index is -1.04. The van der Waals surface area contributed by atoms with E-state index in [2.05, 4.69) is 46.6 Å². The fourth-order valence-corrected chi connectivity index (χ4v) is 13.2. The van der Waals surface area contributed by atoms with Gasteiger partial charge in [-0.1, -0.05) is 85.6 Å². The molecular weight excluding hydrogens is 1560 g/mol. The maximum absolute atomic E-state index is 12.4. The Labute approximate surface area is 705 Å². The van der Waals surface area contributed by atoms with E-state index in [9.17, 15) is 71.9 Å². The monoisotopic (exact) mass is 1670 g/mol. The standard InChI is InChI=1S/C23H23N3O4.C13H18N2O4.C12H11NO.C11H14N2O4.C11H19NO2.C6H10O.C5H11NO2.C2ClNO2.ClH.Li.H2O/c27-20(17-10-9-15-5-1-2-6-16(15)13-17)14-24-21(28)11-12-26-19-8-4-3-7-18(19)22(29)25-23(26)30;1-2-19-11(16)7-8-15-10-6-4-3-5-9(10)12(17)14-13(15)18;13-8-12(14)11-6-5-9-3-1-2-4-10(9)7-11;14-9(15)5-6-13-8-4-2-1-3-7(8)10(16)12-11(13)17;1-2-14-11(13)8-9-12-10-6-4-3-5-7-10;7-6-4-2-1-3-5-6;1-2-8-5(7)3-4-6;3-2(6)4-1-5;;;/h1-2,5-6,9-10,13H,3-4,7-8,11-12,14H2,(H,24,28)(H,25,29,30);2-8H2,1H3,(H,14,17,18);1-7H,8,13H2;1-6H2,(H,14,15)(H,12,16,17);2-9H2,1H3;1-5H2;2-4,6H2,1H3;;1H;;1H2/q;;;;;;;;;+1;/p-1. The van der Waals surface area contributed by atoms with Crippen LogP contribution in [0.2, 0.25) is 0 Å². The first-order chi connectivity index (χ1) is 55.4. The molecule has 32 nitrogen and oxygen atoms in total. The second-order valence-corrected chi connectivity index (χ2v) is 27.3. The summed E-state index contributed by atoms with van der Waals surface area (Å²) in [7, 11) is 0. The molecule has 12 rings (SSSR count). The van der Waals surface area contributed by atoms with Crippen molar-refractivity contribution in [2.45, 2.75) is 214 Å². The molecule has 10 N–H and O–H groups in total. The molecule has 636 valence electrons. The van der Waals surface area contributed by atoms with E-state index in [1.165, 1.54) is 45.1 Å². The maximum atomic E-state index is 12.4. The number of aromatic amines is 3.